The summed E-state index contributed by atoms with van der Waals surface area (Å²) in [6, 6.07) is 0.161. The van der Waals surface area contributed by atoms with Crippen LogP contribution in [0.2, 0.25) is 0 Å². The third-order valence-electron chi connectivity index (χ3n) is 7.00. The average Bonchev–Trinajstić information content (AvgIpc) is 2.64. The maximum absolute atomic E-state index is 12.7. The van der Waals surface area contributed by atoms with Gasteiger partial charge in [-0.05, 0) is 36.0 Å². The van der Waals surface area contributed by atoms with Crippen molar-refractivity contribution in [3.8, 4) is 0 Å². The monoisotopic (exact) mass is 401 g/mol. The van der Waals surface area contributed by atoms with E-state index in [1.165, 1.54) is 0 Å². The molecular weight excluding hydrogens is 366 g/mol. The van der Waals surface area contributed by atoms with Crippen LogP contribution in [0, 0.1) is 16.7 Å². The minimum atomic E-state index is -0.124. The number of anilines is 1. The lowest BCUT2D eigenvalue weighted by atomic mass is 9.52. The number of hydrogen-bond donors (Lipinski definition) is 2. The predicted octanol–water partition coefficient (Wildman–Crippen LogP) is 1.92. The number of carbonyl (C=O) groups is 1. The number of likely N-dealkylation sites (tertiary alicyclic amines) is 1. The smallest absolute Gasteiger partial charge is 0.254 e. The van der Waals surface area contributed by atoms with Crippen molar-refractivity contribution in [2.45, 2.75) is 59.1 Å². The fourth-order valence-electron chi connectivity index (χ4n) is 5.88. The Morgan fingerprint density at radius 3 is 2.24 bits per heavy atom. The summed E-state index contributed by atoms with van der Waals surface area (Å²) in [5.74, 6) is 1.31. The van der Waals surface area contributed by atoms with E-state index in [2.05, 4.69) is 52.8 Å². The first-order valence-corrected chi connectivity index (χ1v) is 10.9. The van der Waals surface area contributed by atoms with Crippen molar-refractivity contribution in [1.82, 2.24) is 20.2 Å². The van der Waals surface area contributed by atoms with Gasteiger partial charge in [0, 0.05) is 51.2 Å². The van der Waals surface area contributed by atoms with Gasteiger partial charge in [0.05, 0.1) is 11.7 Å². The van der Waals surface area contributed by atoms with Crippen molar-refractivity contribution in [1.29, 1.82) is 0 Å². The van der Waals surface area contributed by atoms with Gasteiger partial charge in [0.15, 0.2) is 0 Å². The molecule has 1 aliphatic carbocycles. The van der Waals surface area contributed by atoms with E-state index in [1.54, 1.807) is 12.4 Å². The average molecular weight is 402 g/mol. The van der Waals surface area contributed by atoms with Gasteiger partial charge < -0.3 is 15.3 Å². The molecule has 160 valence electrons. The number of hydrogen-bond acceptors (Lipinski definition) is 6. The van der Waals surface area contributed by atoms with Gasteiger partial charge in [0.2, 0.25) is 5.95 Å². The third-order valence-corrected chi connectivity index (χ3v) is 7.00. The largest absolute Gasteiger partial charge is 0.390 e. The summed E-state index contributed by atoms with van der Waals surface area (Å²) in [6.07, 6.45) is 6.52. The van der Waals surface area contributed by atoms with Crippen molar-refractivity contribution >= 4 is 11.9 Å². The first-order valence-electron chi connectivity index (χ1n) is 10.9. The molecule has 0 radical (unpaired) electrons. The lowest BCUT2D eigenvalue weighted by Gasteiger charge is -2.57. The Kier molecular flexibility index (Phi) is 5.32. The van der Waals surface area contributed by atoms with Crippen LogP contribution < -0.4 is 10.2 Å². The predicted molar refractivity (Wildman–Crippen MR) is 113 cm³/mol. The van der Waals surface area contributed by atoms with Crippen LogP contribution in [0.1, 0.15) is 57.3 Å². The number of aromatic nitrogens is 2. The van der Waals surface area contributed by atoms with E-state index >= 15 is 0 Å². The number of β-amino-alcohol motifs (C(OH)–C–C–N with tert-alkyl or cyclic N) is 1. The molecule has 7 nitrogen and oxygen atoms in total. The molecule has 0 aromatic carbocycles. The summed E-state index contributed by atoms with van der Waals surface area (Å²) in [4.78, 5) is 26.2. The highest BCUT2D eigenvalue weighted by molar-refractivity contribution is 5.94. The second kappa shape index (κ2) is 7.51. The van der Waals surface area contributed by atoms with E-state index in [1.807, 2.05) is 0 Å². The fraction of sp³-hybridized carbons (Fsp3) is 0.773. The second-order valence-electron chi connectivity index (χ2n) is 10.6. The molecule has 29 heavy (non-hydrogen) atoms. The van der Waals surface area contributed by atoms with Crippen LogP contribution in [-0.2, 0) is 0 Å². The van der Waals surface area contributed by atoms with Crippen LogP contribution in [0.3, 0.4) is 0 Å². The summed E-state index contributed by atoms with van der Waals surface area (Å²) in [5.41, 5.74) is 0.773. The first kappa shape index (κ1) is 20.5. The molecule has 2 N–H and O–H groups in total. The number of rotatable bonds is 5. The molecule has 3 aliphatic rings. The Hall–Kier alpha value is -1.73. The highest BCUT2D eigenvalue weighted by Crippen LogP contribution is 2.53. The molecule has 2 aliphatic heterocycles. The highest BCUT2D eigenvalue weighted by Gasteiger charge is 2.53. The molecule has 1 amide bonds. The Morgan fingerprint density at radius 2 is 1.72 bits per heavy atom. The Labute approximate surface area is 173 Å². The van der Waals surface area contributed by atoms with E-state index in [4.69, 9.17) is 0 Å². The zero-order valence-electron chi connectivity index (χ0n) is 18.2. The maximum atomic E-state index is 12.7. The third kappa shape index (κ3) is 4.26. The molecule has 3 heterocycles. The number of aliphatic hydroxyl groups excluding tert-OH is 1. The Balaban J connectivity index is 1.29. The second-order valence-corrected chi connectivity index (χ2v) is 10.6. The van der Waals surface area contributed by atoms with Crippen molar-refractivity contribution < 1.29 is 9.90 Å². The molecule has 1 aromatic rings. The van der Waals surface area contributed by atoms with Gasteiger partial charge in [-0.3, -0.25) is 9.69 Å². The van der Waals surface area contributed by atoms with Gasteiger partial charge in [-0.1, -0.05) is 27.7 Å². The Morgan fingerprint density at radius 1 is 1.14 bits per heavy atom. The van der Waals surface area contributed by atoms with Crippen LogP contribution in [0.25, 0.3) is 0 Å². The van der Waals surface area contributed by atoms with Gasteiger partial charge in [0.25, 0.3) is 5.91 Å². The SMILES string of the molecule is CC1(C)CC(C)(C)C1NC(=O)c1cnc(N2CCC(CN3CC(O)C3)CC2)nc1. The van der Waals surface area contributed by atoms with Crippen molar-refractivity contribution in [2.24, 2.45) is 16.7 Å². The number of nitrogens with zero attached hydrogens (tertiary/aromatic N) is 4. The zero-order chi connectivity index (χ0) is 20.8. The van der Waals surface area contributed by atoms with Gasteiger partial charge in [0.1, 0.15) is 0 Å². The van der Waals surface area contributed by atoms with Crippen LogP contribution in [0.15, 0.2) is 12.4 Å². The molecule has 3 fully saturated rings. The van der Waals surface area contributed by atoms with Gasteiger partial charge in [-0.2, -0.15) is 0 Å². The molecule has 7 heteroatoms. The summed E-state index contributed by atoms with van der Waals surface area (Å²) < 4.78 is 0. The number of nitrogens with one attached hydrogen (secondary N) is 1. The molecule has 0 spiro atoms. The number of aliphatic hydroxyl groups is 1. The van der Waals surface area contributed by atoms with E-state index in [-0.39, 0.29) is 28.9 Å². The summed E-state index contributed by atoms with van der Waals surface area (Å²) in [6.45, 7) is 13.4. The normalized spacial score (nSPS) is 25.3. The molecule has 1 aromatic heterocycles. The minimum absolute atomic E-state index is 0.0853. The lowest BCUT2D eigenvalue weighted by molar-refractivity contribution is -0.0366. The fourth-order valence-corrected chi connectivity index (χ4v) is 5.88. The van der Waals surface area contributed by atoms with E-state index in [9.17, 15) is 9.90 Å². The molecular formula is C22H35N5O2. The summed E-state index contributed by atoms with van der Waals surface area (Å²) in [7, 11) is 0. The number of amides is 1. The van der Waals surface area contributed by atoms with Crippen molar-refractivity contribution in [3.05, 3.63) is 18.0 Å². The van der Waals surface area contributed by atoms with Gasteiger partial charge in [-0.25, -0.2) is 9.97 Å². The molecule has 4 rings (SSSR count). The van der Waals surface area contributed by atoms with Crippen LogP contribution in [-0.4, -0.2) is 70.8 Å². The summed E-state index contributed by atoms with van der Waals surface area (Å²) >= 11 is 0. The van der Waals surface area contributed by atoms with E-state index in [0.29, 0.717) is 17.4 Å². The molecule has 0 bridgehead atoms. The molecule has 2 saturated heterocycles. The van der Waals surface area contributed by atoms with Crippen molar-refractivity contribution in [2.75, 3.05) is 37.6 Å². The number of piperidine rings is 1. The quantitative estimate of drug-likeness (QED) is 0.785. The van der Waals surface area contributed by atoms with Crippen LogP contribution in [0.4, 0.5) is 5.95 Å². The maximum Gasteiger partial charge on any atom is 0.254 e. The molecule has 0 unspecified atom stereocenters. The summed E-state index contributed by atoms with van der Waals surface area (Å²) in [5, 5.41) is 12.6. The molecule has 0 atom stereocenters. The van der Waals surface area contributed by atoms with Crippen LogP contribution in [0.5, 0.6) is 0 Å². The standard InChI is InChI=1S/C22H35N5O2/c1-21(2)14-22(3,4)19(21)25-18(29)16-9-23-20(24-10-16)27-7-5-15(6-8-27)11-26-12-17(28)13-26/h9-10,15,17,19,28H,5-8,11-14H2,1-4H3,(H,25,29). The van der Waals surface area contributed by atoms with E-state index in [0.717, 1.165) is 52.0 Å². The topological polar surface area (TPSA) is 81.6 Å². The molecule has 1 saturated carbocycles. The Bertz CT molecular complexity index is 720. The van der Waals surface area contributed by atoms with Crippen molar-refractivity contribution in [3.63, 3.8) is 0 Å². The van der Waals surface area contributed by atoms with E-state index < -0.39 is 0 Å². The van der Waals surface area contributed by atoms with Gasteiger partial charge >= 0.3 is 0 Å². The zero-order valence-corrected chi connectivity index (χ0v) is 18.2. The highest BCUT2D eigenvalue weighted by atomic mass is 16.3. The minimum Gasteiger partial charge on any atom is -0.390 e. The first-order chi connectivity index (χ1) is 13.6. The van der Waals surface area contributed by atoms with Crippen LogP contribution >= 0.6 is 0 Å². The van der Waals surface area contributed by atoms with Gasteiger partial charge in [-0.15, -0.1) is 0 Å². The lowest BCUT2D eigenvalue weighted by Crippen LogP contribution is -2.63. The number of carbonyl (C=O) groups excluding carboxylic acids is 1.